The van der Waals surface area contributed by atoms with E-state index in [1.54, 1.807) is 11.9 Å². The molecule has 0 saturated carbocycles. The van der Waals surface area contributed by atoms with Crippen molar-refractivity contribution in [2.24, 2.45) is 5.92 Å². The molecule has 3 nitrogen and oxygen atoms in total. The highest BCUT2D eigenvalue weighted by atomic mass is 35.5. The summed E-state index contributed by atoms with van der Waals surface area (Å²) in [5.74, 6) is 0.450. The third-order valence-corrected chi connectivity index (χ3v) is 2.90. The zero-order valence-electron chi connectivity index (χ0n) is 10.7. The molecule has 0 bridgehead atoms. The van der Waals surface area contributed by atoms with Crippen molar-refractivity contribution >= 4 is 23.3 Å². The number of amides is 2. The molecule has 0 heterocycles. The minimum Gasteiger partial charge on any atom is -0.327 e. The molecular formula is C13H19ClN2O. The minimum atomic E-state index is -0.107. The van der Waals surface area contributed by atoms with Crippen molar-refractivity contribution in [3.63, 3.8) is 0 Å². The van der Waals surface area contributed by atoms with Gasteiger partial charge in [-0.05, 0) is 30.5 Å². The molecule has 0 aliphatic rings. The van der Waals surface area contributed by atoms with Gasteiger partial charge in [-0.1, -0.05) is 31.5 Å². The molecule has 0 aliphatic carbocycles. The Kier molecular flexibility index (Phi) is 4.82. The summed E-state index contributed by atoms with van der Waals surface area (Å²) in [5.41, 5.74) is 1.65. The second-order valence-corrected chi connectivity index (χ2v) is 5.02. The van der Waals surface area contributed by atoms with Crippen LogP contribution in [0.4, 0.5) is 10.5 Å². The maximum atomic E-state index is 11.9. The Morgan fingerprint density at radius 2 is 2.12 bits per heavy atom. The van der Waals surface area contributed by atoms with Crippen molar-refractivity contribution in [2.45, 2.75) is 20.8 Å². The Morgan fingerprint density at radius 1 is 1.47 bits per heavy atom. The smallest absolute Gasteiger partial charge is 0.321 e. The van der Waals surface area contributed by atoms with Crippen LogP contribution in [0, 0.1) is 12.8 Å². The van der Waals surface area contributed by atoms with Crippen LogP contribution in [0.15, 0.2) is 18.2 Å². The highest BCUT2D eigenvalue weighted by Gasteiger charge is 2.11. The number of carbonyl (C=O) groups is 1. The molecule has 0 aromatic heterocycles. The van der Waals surface area contributed by atoms with Gasteiger partial charge in [-0.3, -0.25) is 0 Å². The molecule has 94 valence electrons. The lowest BCUT2D eigenvalue weighted by Crippen LogP contribution is -2.34. The van der Waals surface area contributed by atoms with Gasteiger partial charge >= 0.3 is 6.03 Å². The molecule has 1 aromatic rings. The first kappa shape index (κ1) is 13.8. The number of anilines is 1. The number of benzene rings is 1. The quantitative estimate of drug-likeness (QED) is 0.875. The van der Waals surface area contributed by atoms with Gasteiger partial charge in [0.1, 0.15) is 0 Å². The zero-order chi connectivity index (χ0) is 13.0. The monoisotopic (exact) mass is 254 g/mol. The van der Waals surface area contributed by atoms with Gasteiger partial charge in [0.15, 0.2) is 0 Å². The van der Waals surface area contributed by atoms with Gasteiger partial charge in [0.2, 0.25) is 0 Å². The lowest BCUT2D eigenvalue weighted by atomic mass is 10.2. The average molecular weight is 255 g/mol. The van der Waals surface area contributed by atoms with Crippen molar-refractivity contribution in [2.75, 3.05) is 18.9 Å². The van der Waals surface area contributed by atoms with Gasteiger partial charge in [-0.2, -0.15) is 0 Å². The standard InChI is InChI=1S/C13H19ClN2O/c1-9(2)8-16(4)13(17)15-12-7-5-6-11(14)10(12)3/h5-7,9H,8H2,1-4H3,(H,15,17). The number of urea groups is 1. The van der Waals surface area contributed by atoms with E-state index in [1.165, 1.54) is 0 Å². The Labute approximate surface area is 108 Å². The first-order valence-electron chi connectivity index (χ1n) is 5.69. The first-order chi connectivity index (χ1) is 7.91. The molecule has 0 spiro atoms. The molecule has 17 heavy (non-hydrogen) atoms. The predicted molar refractivity (Wildman–Crippen MR) is 72.7 cm³/mol. The Morgan fingerprint density at radius 3 is 2.71 bits per heavy atom. The van der Waals surface area contributed by atoms with Crippen LogP contribution in [0.25, 0.3) is 0 Å². The predicted octanol–water partition coefficient (Wildman–Crippen LogP) is 3.77. The molecule has 0 radical (unpaired) electrons. The molecule has 0 unspecified atom stereocenters. The number of halogens is 1. The summed E-state index contributed by atoms with van der Waals surface area (Å²) in [6.45, 7) is 6.77. The molecule has 0 saturated heterocycles. The molecule has 4 heteroatoms. The van der Waals surface area contributed by atoms with E-state index in [0.29, 0.717) is 10.9 Å². The number of hydrogen-bond donors (Lipinski definition) is 1. The van der Waals surface area contributed by atoms with Crippen LogP contribution in [-0.2, 0) is 0 Å². The summed E-state index contributed by atoms with van der Waals surface area (Å²) < 4.78 is 0. The van der Waals surface area contributed by atoms with Crippen molar-refractivity contribution < 1.29 is 4.79 Å². The number of carbonyl (C=O) groups excluding carboxylic acids is 1. The largest absolute Gasteiger partial charge is 0.327 e. The van der Waals surface area contributed by atoms with Gasteiger partial charge in [0.25, 0.3) is 0 Å². The van der Waals surface area contributed by atoms with E-state index >= 15 is 0 Å². The summed E-state index contributed by atoms with van der Waals surface area (Å²) in [7, 11) is 1.79. The van der Waals surface area contributed by atoms with Crippen molar-refractivity contribution in [3.8, 4) is 0 Å². The molecule has 2 amide bonds. The fourth-order valence-corrected chi connectivity index (χ4v) is 1.76. The Balaban J connectivity index is 2.71. The van der Waals surface area contributed by atoms with Crippen LogP contribution < -0.4 is 5.32 Å². The Hall–Kier alpha value is -1.22. The van der Waals surface area contributed by atoms with Gasteiger partial charge in [0.05, 0.1) is 0 Å². The summed E-state index contributed by atoms with van der Waals surface area (Å²) in [5, 5.41) is 3.52. The summed E-state index contributed by atoms with van der Waals surface area (Å²) in [6, 6.07) is 5.38. The summed E-state index contributed by atoms with van der Waals surface area (Å²) in [4.78, 5) is 13.6. The van der Waals surface area contributed by atoms with Crippen molar-refractivity contribution in [3.05, 3.63) is 28.8 Å². The second-order valence-electron chi connectivity index (χ2n) is 4.62. The lowest BCUT2D eigenvalue weighted by Gasteiger charge is -2.20. The van der Waals surface area contributed by atoms with E-state index in [9.17, 15) is 4.79 Å². The van der Waals surface area contributed by atoms with E-state index in [4.69, 9.17) is 11.6 Å². The van der Waals surface area contributed by atoms with E-state index in [2.05, 4.69) is 19.2 Å². The minimum absolute atomic E-state index is 0.107. The number of hydrogen-bond acceptors (Lipinski definition) is 1. The molecule has 0 atom stereocenters. The summed E-state index contributed by atoms with van der Waals surface area (Å²) in [6.07, 6.45) is 0. The van der Waals surface area contributed by atoms with Crippen LogP contribution in [0.5, 0.6) is 0 Å². The molecule has 1 N–H and O–H groups in total. The highest BCUT2D eigenvalue weighted by molar-refractivity contribution is 6.31. The number of nitrogens with zero attached hydrogens (tertiary/aromatic N) is 1. The normalized spacial score (nSPS) is 10.5. The first-order valence-corrected chi connectivity index (χ1v) is 6.07. The molecule has 0 fully saturated rings. The third kappa shape index (κ3) is 3.93. The van der Waals surface area contributed by atoms with Gasteiger partial charge in [0, 0.05) is 24.3 Å². The zero-order valence-corrected chi connectivity index (χ0v) is 11.5. The fourth-order valence-electron chi connectivity index (χ4n) is 1.58. The molecule has 1 aromatic carbocycles. The van der Waals surface area contributed by atoms with Crippen molar-refractivity contribution in [1.29, 1.82) is 0 Å². The maximum absolute atomic E-state index is 11.9. The Bertz CT molecular complexity index is 404. The average Bonchev–Trinajstić information content (AvgIpc) is 2.23. The number of nitrogens with one attached hydrogen (secondary N) is 1. The topological polar surface area (TPSA) is 32.3 Å². The van der Waals surface area contributed by atoms with E-state index in [0.717, 1.165) is 17.8 Å². The molecule has 0 aliphatic heterocycles. The van der Waals surface area contributed by atoms with Crippen LogP contribution in [0.3, 0.4) is 0 Å². The third-order valence-electron chi connectivity index (χ3n) is 2.50. The highest BCUT2D eigenvalue weighted by Crippen LogP contribution is 2.23. The lowest BCUT2D eigenvalue weighted by molar-refractivity contribution is 0.217. The van der Waals surface area contributed by atoms with Crippen LogP contribution >= 0.6 is 11.6 Å². The molecule has 1 rings (SSSR count). The second kappa shape index (κ2) is 5.92. The van der Waals surface area contributed by atoms with Gasteiger partial charge < -0.3 is 10.2 Å². The molecular weight excluding hydrogens is 236 g/mol. The summed E-state index contributed by atoms with van der Waals surface area (Å²) >= 11 is 6.00. The number of rotatable bonds is 3. The van der Waals surface area contributed by atoms with Gasteiger partial charge in [-0.25, -0.2) is 4.79 Å². The van der Waals surface area contributed by atoms with E-state index in [1.807, 2.05) is 25.1 Å². The van der Waals surface area contributed by atoms with Crippen LogP contribution in [-0.4, -0.2) is 24.5 Å². The SMILES string of the molecule is Cc1c(Cl)cccc1NC(=O)N(C)CC(C)C. The van der Waals surface area contributed by atoms with E-state index in [-0.39, 0.29) is 6.03 Å². The van der Waals surface area contributed by atoms with E-state index < -0.39 is 0 Å². The van der Waals surface area contributed by atoms with Crippen molar-refractivity contribution in [1.82, 2.24) is 4.90 Å². The maximum Gasteiger partial charge on any atom is 0.321 e. The van der Waals surface area contributed by atoms with Gasteiger partial charge in [-0.15, -0.1) is 0 Å². The van der Waals surface area contributed by atoms with Crippen LogP contribution in [0.1, 0.15) is 19.4 Å². The fraction of sp³-hybridized carbons (Fsp3) is 0.462. The van der Waals surface area contributed by atoms with Crippen LogP contribution in [0.2, 0.25) is 5.02 Å².